The maximum absolute atomic E-state index is 5.15. The van der Waals surface area contributed by atoms with Gasteiger partial charge in [-0.1, -0.05) is 33.6 Å². The van der Waals surface area contributed by atoms with E-state index < -0.39 is 0 Å². The quantitative estimate of drug-likeness (QED) is 0.619. The SMILES string of the molecule is CCCNC(CCOC)C(CC)CC. The minimum Gasteiger partial charge on any atom is -0.385 e. The number of hydrogen-bond acceptors (Lipinski definition) is 2. The highest BCUT2D eigenvalue weighted by atomic mass is 16.5. The molecule has 0 aromatic carbocycles. The van der Waals surface area contributed by atoms with E-state index in [1.807, 2.05) is 0 Å². The summed E-state index contributed by atoms with van der Waals surface area (Å²) in [5, 5.41) is 3.63. The molecule has 0 fully saturated rings. The lowest BCUT2D eigenvalue weighted by Crippen LogP contribution is -2.37. The fourth-order valence-corrected chi connectivity index (χ4v) is 1.94. The Hall–Kier alpha value is -0.0800. The molecule has 0 bridgehead atoms. The smallest absolute Gasteiger partial charge is 0.0477 e. The number of nitrogens with one attached hydrogen (secondary N) is 1. The summed E-state index contributed by atoms with van der Waals surface area (Å²) >= 11 is 0. The summed E-state index contributed by atoms with van der Waals surface area (Å²) < 4.78 is 5.15. The number of hydrogen-bond donors (Lipinski definition) is 1. The Kier molecular flexibility index (Phi) is 9.42. The molecule has 1 N–H and O–H groups in total. The van der Waals surface area contributed by atoms with E-state index in [0.717, 1.165) is 25.5 Å². The first kappa shape index (κ1) is 13.9. The zero-order valence-electron chi connectivity index (χ0n) is 10.3. The normalized spacial score (nSPS) is 13.5. The number of rotatable bonds is 9. The molecule has 2 heteroatoms. The van der Waals surface area contributed by atoms with Gasteiger partial charge in [0.2, 0.25) is 0 Å². The van der Waals surface area contributed by atoms with Crippen molar-refractivity contribution in [3.05, 3.63) is 0 Å². The molecule has 0 heterocycles. The van der Waals surface area contributed by atoms with E-state index in [1.54, 1.807) is 7.11 Å². The van der Waals surface area contributed by atoms with Crippen LogP contribution in [0.4, 0.5) is 0 Å². The monoisotopic (exact) mass is 201 g/mol. The van der Waals surface area contributed by atoms with Gasteiger partial charge >= 0.3 is 0 Å². The van der Waals surface area contributed by atoms with Crippen molar-refractivity contribution in [1.82, 2.24) is 5.32 Å². The minimum absolute atomic E-state index is 0.643. The van der Waals surface area contributed by atoms with Gasteiger partial charge in [-0.05, 0) is 25.3 Å². The van der Waals surface area contributed by atoms with Crippen LogP contribution in [-0.2, 0) is 4.74 Å². The van der Waals surface area contributed by atoms with Crippen LogP contribution < -0.4 is 5.32 Å². The van der Waals surface area contributed by atoms with Crippen LogP contribution in [0.1, 0.15) is 46.5 Å². The van der Waals surface area contributed by atoms with Crippen LogP contribution in [-0.4, -0.2) is 26.3 Å². The molecule has 2 nitrogen and oxygen atoms in total. The lowest BCUT2D eigenvalue weighted by Gasteiger charge is -2.26. The van der Waals surface area contributed by atoms with Gasteiger partial charge in [0.1, 0.15) is 0 Å². The average Bonchev–Trinajstić information content (AvgIpc) is 2.22. The van der Waals surface area contributed by atoms with Gasteiger partial charge in [-0.3, -0.25) is 0 Å². The molecule has 14 heavy (non-hydrogen) atoms. The Morgan fingerprint density at radius 1 is 1.14 bits per heavy atom. The van der Waals surface area contributed by atoms with E-state index in [0.29, 0.717) is 6.04 Å². The highest BCUT2D eigenvalue weighted by Crippen LogP contribution is 2.15. The van der Waals surface area contributed by atoms with Crippen LogP contribution >= 0.6 is 0 Å². The van der Waals surface area contributed by atoms with Crippen LogP contribution in [0.5, 0.6) is 0 Å². The molecule has 1 atom stereocenters. The molecule has 86 valence electrons. The van der Waals surface area contributed by atoms with Crippen LogP contribution in [0.2, 0.25) is 0 Å². The Morgan fingerprint density at radius 2 is 1.79 bits per heavy atom. The molecule has 0 aromatic rings. The second kappa shape index (κ2) is 9.47. The topological polar surface area (TPSA) is 21.3 Å². The molecule has 0 radical (unpaired) electrons. The second-order valence-corrected chi connectivity index (χ2v) is 3.92. The van der Waals surface area contributed by atoms with Crippen molar-refractivity contribution in [3.63, 3.8) is 0 Å². The summed E-state index contributed by atoms with van der Waals surface area (Å²) in [6.45, 7) is 8.78. The molecule has 0 rings (SSSR count). The maximum Gasteiger partial charge on any atom is 0.0477 e. The minimum atomic E-state index is 0.643. The lowest BCUT2D eigenvalue weighted by molar-refractivity contribution is 0.167. The molecule has 0 aliphatic carbocycles. The largest absolute Gasteiger partial charge is 0.385 e. The van der Waals surface area contributed by atoms with E-state index in [-0.39, 0.29) is 0 Å². The highest BCUT2D eigenvalue weighted by molar-refractivity contribution is 4.74. The van der Waals surface area contributed by atoms with Gasteiger partial charge in [0, 0.05) is 19.8 Å². The van der Waals surface area contributed by atoms with Gasteiger partial charge in [0.05, 0.1) is 0 Å². The van der Waals surface area contributed by atoms with Gasteiger partial charge in [0.25, 0.3) is 0 Å². The molecule has 0 aromatic heterocycles. The van der Waals surface area contributed by atoms with Crippen molar-refractivity contribution in [2.45, 2.75) is 52.5 Å². The summed E-state index contributed by atoms with van der Waals surface area (Å²) in [6.07, 6.45) is 4.88. The summed E-state index contributed by atoms with van der Waals surface area (Å²) in [7, 11) is 1.78. The van der Waals surface area contributed by atoms with Gasteiger partial charge < -0.3 is 10.1 Å². The maximum atomic E-state index is 5.15. The summed E-state index contributed by atoms with van der Waals surface area (Å²) in [4.78, 5) is 0. The third kappa shape index (κ3) is 5.61. The van der Waals surface area contributed by atoms with E-state index in [1.165, 1.54) is 19.3 Å². The van der Waals surface area contributed by atoms with Crippen LogP contribution in [0, 0.1) is 5.92 Å². The molecule has 0 saturated carbocycles. The summed E-state index contributed by atoms with van der Waals surface area (Å²) in [6, 6.07) is 0.643. The van der Waals surface area contributed by atoms with Crippen molar-refractivity contribution in [2.75, 3.05) is 20.3 Å². The number of methoxy groups -OCH3 is 1. The third-order valence-electron chi connectivity index (χ3n) is 2.91. The van der Waals surface area contributed by atoms with Gasteiger partial charge in [0.15, 0.2) is 0 Å². The molecule has 1 unspecified atom stereocenters. The highest BCUT2D eigenvalue weighted by Gasteiger charge is 2.16. The molecule has 0 saturated heterocycles. The van der Waals surface area contributed by atoms with Gasteiger partial charge in [-0.25, -0.2) is 0 Å². The zero-order valence-corrected chi connectivity index (χ0v) is 10.3. The zero-order chi connectivity index (χ0) is 10.8. The Bertz CT molecular complexity index is 105. The van der Waals surface area contributed by atoms with E-state index >= 15 is 0 Å². The van der Waals surface area contributed by atoms with Crippen molar-refractivity contribution in [1.29, 1.82) is 0 Å². The van der Waals surface area contributed by atoms with Gasteiger partial charge in [-0.15, -0.1) is 0 Å². The van der Waals surface area contributed by atoms with Crippen LogP contribution in [0.3, 0.4) is 0 Å². The molecule has 0 aliphatic heterocycles. The van der Waals surface area contributed by atoms with Gasteiger partial charge in [-0.2, -0.15) is 0 Å². The Morgan fingerprint density at radius 3 is 2.21 bits per heavy atom. The van der Waals surface area contributed by atoms with E-state index in [2.05, 4.69) is 26.1 Å². The number of ether oxygens (including phenoxy) is 1. The second-order valence-electron chi connectivity index (χ2n) is 3.92. The molecular formula is C12H27NO. The van der Waals surface area contributed by atoms with Crippen molar-refractivity contribution >= 4 is 0 Å². The van der Waals surface area contributed by atoms with E-state index in [4.69, 9.17) is 4.74 Å². The first-order valence-corrected chi connectivity index (χ1v) is 6.02. The first-order chi connectivity index (χ1) is 6.79. The molecular weight excluding hydrogens is 174 g/mol. The predicted octanol–water partition coefficient (Wildman–Crippen LogP) is 2.83. The Balaban J connectivity index is 3.92. The fraction of sp³-hybridized carbons (Fsp3) is 1.00. The van der Waals surface area contributed by atoms with Crippen LogP contribution in [0.25, 0.3) is 0 Å². The molecule has 0 aliphatic rings. The fourth-order valence-electron chi connectivity index (χ4n) is 1.94. The third-order valence-corrected chi connectivity index (χ3v) is 2.91. The van der Waals surface area contributed by atoms with E-state index in [9.17, 15) is 0 Å². The van der Waals surface area contributed by atoms with Crippen molar-refractivity contribution < 1.29 is 4.74 Å². The predicted molar refractivity (Wildman–Crippen MR) is 62.6 cm³/mol. The standard InChI is InChI=1S/C12H27NO/c1-5-9-13-12(8-10-14-4)11(6-2)7-3/h11-13H,5-10H2,1-4H3. The summed E-state index contributed by atoms with van der Waals surface area (Å²) in [5.41, 5.74) is 0. The first-order valence-electron chi connectivity index (χ1n) is 6.02. The molecule has 0 amide bonds. The van der Waals surface area contributed by atoms with Crippen LogP contribution in [0.15, 0.2) is 0 Å². The summed E-state index contributed by atoms with van der Waals surface area (Å²) in [5.74, 6) is 0.802. The molecule has 0 spiro atoms. The van der Waals surface area contributed by atoms with Crippen molar-refractivity contribution in [3.8, 4) is 0 Å². The Labute approximate surface area is 89.4 Å². The average molecular weight is 201 g/mol. The lowest BCUT2D eigenvalue weighted by atomic mass is 9.92. The van der Waals surface area contributed by atoms with Crippen molar-refractivity contribution in [2.24, 2.45) is 5.92 Å².